The topological polar surface area (TPSA) is 115 Å². The Balaban J connectivity index is 0.000000439. The van der Waals surface area contributed by atoms with Crippen LogP contribution in [0.25, 0.3) is 0 Å². The molecular formula is C20H28O6. The maximum Gasteiger partial charge on any atom is 0.182 e. The summed E-state index contributed by atoms with van der Waals surface area (Å²) in [4.78, 5) is 22.2. The number of carbonyl (C=O) groups excluding carboxylic acids is 2. The first kappa shape index (κ1) is 23.6. The first-order valence-corrected chi connectivity index (χ1v) is 8.03. The summed E-state index contributed by atoms with van der Waals surface area (Å²) in [5.74, 6) is 0.277. The van der Waals surface area contributed by atoms with Crippen LogP contribution in [0.5, 0.6) is 11.5 Å². The van der Waals surface area contributed by atoms with E-state index in [2.05, 4.69) is 0 Å². The van der Waals surface area contributed by atoms with Crippen molar-refractivity contribution < 1.29 is 30.3 Å². The maximum atomic E-state index is 11.3. The summed E-state index contributed by atoms with van der Waals surface area (Å²) in [6.07, 6.45) is 4.06. The highest BCUT2D eigenvalue weighted by molar-refractivity contribution is 6.17. The summed E-state index contributed by atoms with van der Waals surface area (Å²) < 4.78 is 0. The van der Waals surface area contributed by atoms with Crippen molar-refractivity contribution in [2.24, 2.45) is 5.41 Å². The molecule has 0 heterocycles. The number of phenols is 2. The molecule has 4 N–H and O–H groups in total. The van der Waals surface area contributed by atoms with Crippen LogP contribution in [0, 0.1) is 5.41 Å². The molecule has 1 aliphatic carbocycles. The molecule has 0 bridgehead atoms. The van der Waals surface area contributed by atoms with Gasteiger partial charge in [-0.25, -0.2) is 0 Å². The normalized spacial score (nSPS) is 13.9. The van der Waals surface area contributed by atoms with E-state index in [9.17, 15) is 19.8 Å². The predicted octanol–water partition coefficient (Wildman–Crippen LogP) is 4.08. The number of phenolic OH excluding ortho intramolecular Hbond substituents is 2. The number of benzene rings is 1. The van der Waals surface area contributed by atoms with Crippen LogP contribution in [-0.2, 0) is 15.0 Å². The third-order valence-corrected chi connectivity index (χ3v) is 3.55. The van der Waals surface area contributed by atoms with Crippen molar-refractivity contribution >= 4 is 11.6 Å². The second kappa shape index (κ2) is 9.31. The maximum absolute atomic E-state index is 11.3. The van der Waals surface area contributed by atoms with E-state index in [0.29, 0.717) is 5.57 Å². The molecule has 0 aliphatic heterocycles. The lowest BCUT2D eigenvalue weighted by atomic mass is 9.81. The number of allylic oxidation sites excluding steroid dienone is 4. The van der Waals surface area contributed by atoms with Crippen LogP contribution in [-0.4, -0.2) is 32.3 Å². The molecule has 6 heteroatoms. The van der Waals surface area contributed by atoms with Crippen molar-refractivity contribution in [1.29, 1.82) is 0 Å². The summed E-state index contributed by atoms with van der Waals surface area (Å²) >= 11 is 0. The summed E-state index contributed by atoms with van der Waals surface area (Å²) in [7, 11) is 0. The lowest BCUT2D eigenvalue weighted by Gasteiger charge is -2.21. The van der Waals surface area contributed by atoms with Crippen molar-refractivity contribution in [2.75, 3.05) is 0 Å². The molecule has 0 fully saturated rings. The van der Waals surface area contributed by atoms with E-state index >= 15 is 0 Å². The van der Waals surface area contributed by atoms with Crippen molar-refractivity contribution in [2.45, 2.75) is 47.0 Å². The number of rotatable bonds is 0. The SMILES string of the molecule is CC(C)(C)C1=CC(=O)C=CC1=O.CC(C)(C)c1cc(O)ccc1O.OO. The largest absolute Gasteiger partial charge is 0.508 e. The van der Waals surface area contributed by atoms with Crippen LogP contribution < -0.4 is 0 Å². The molecule has 0 aromatic heterocycles. The van der Waals surface area contributed by atoms with Crippen LogP contribution in [0.2, 0.25) is 0 Å². The van der Waals surface area contributed by atoms with E-state index in [1.54, 1.807) is 6.07 Å². The molecule has 0 saturated carbocycles. The van der Waals surface area contributed by atoms with Crippen LogP contribution in [0.3, 0.4) is 0 Å². The lowest BCUT2D eigenvalue weighted by molar-refractivity contribution is -0.176. The number of aromatic hydroxyl groups is 2. The second-order valence-electron chi connectivity index (χ2n) is 7.86. The number of hydrogen-bond donors (Lipinski definition) is 4. The first-order valence-electron chi connectivity index (χ1n) is 8.03. The van der Waals surface area contributed by atoms with Gasteiger partial charge >= 0.3 is 0 Å². The fourth-order valence-corrected chi connectivity index (χ4v) is 2.22. The molecule has 2 rings (SSSR count). The fraction of sp³-hybridized carbons (Fsp3) is 0.400. The van der Waals surface area contributed by atoms with Crippen LogP contribution in [0.15, 0.2) is 42.0 Å². The van der Waals surface area contributed by atoms with E-state index < -0.39 is 0 Å². The zero-order valence-corrected chi connectivity index (χ0v) is 16.1. The van der Waals surface area contributed by atoms with Crippen molar-refractivity contribution in [1.82, 2.24) is 0 Å². The molecule has 1 aromatic carbocycles. The Morgan fingerprint density at radius 3 is 1.73 bits per heavy atom. The third kappa shape index (κ3) is 7.21. The molecular weight excluding hydrogens is 336 g/mol. The molecule has 0 atom stereocenters. The highest BCUT2D eigenvalue weighted by atomic mass is 17.0. The average molecular weight is 364 g/mol. The van der Waals surface area contributed by atoms with Gasteiger partial charge in [-0.3, -0.25) is 20.1 Å². The zero-order valence-electron chi connectivity index (χ0n) is 16.1. The Morgan fingerprint density at radius 1 is 0.808 bits per heavy atom. The number of hydrogen-bond acceptors (Lipinski definition) is 6. The minimum atomic E-state index is -0.239. The first-order chi connectivity index (χ1) is 11.8. The molecule has 0 amide bonds. The van der Waals surface area contributed by atoms with Gasteiger partial charge in [0, 0.05) is 11.1 Å². The average Bonchev–Trinajstić information content (AvgIpc) is 2.52. The third-order valence-electron chi connectivity index (χ3n) is 3.55. The molecule has 6 nitrogen and oxygen atoms in total. The summed E-state index contributed by atoms with van der Waals surface area (Å²) in [5, 5.41) is 30.6. The Morgan fingerprint density at radius 2 is 1.35 bits per heavy atom. The molecule has 1 aliphatic rings. The highest BCUT2D eigenvalue weighted by Crippen LogP contribution is 2.32. The van der Waals surface area contributed by atoms with E-state index in [-0.39, 0.29) is 33.9 Å². The molecule has 0 spiro atoms. The molecule has 0 unspecified atom stereocenters. The van der Waals surface area contributed by atoms with Crippen molar-refractivity contribution in [3.63, 3.8) is 0 Å². The number of carbonyl (C=O) groups is 2. The lowest BCUT2D eigenvalue weighted by Crippen LogP contribution is -2.20. The Hall–Kier alpha value is -2.44. The highest BCUT2D eigenvalue weighted by Gasteiger charge is 2.24. The summed E-state index contributed by atoms with van der Waals surface area (Å²) in [6.45, 7) is 11.7. The van der Waals surface area contributed by atoms with Crippen LogP contribution in [0.4, 0.5) is 0 Å². The Labute approximate surface area is 154 Å². The standard InChI is InChI=1S/C10H14O2.C10H12O2.H2O2/c2*1-10(2,3)8-6-7(11)4-5-9(8)12;1-2/h4-6,11-12H,1-3H3;4-6H,1-3H3;1-2H. The molecule has 0 radical (unpaired) electrons. The number of ketones is 2. The van der Waals surface area contributed by atoms with Crippen molar-refractivity contribution in [3.8, 4) is 11.5 Å². The molecule has 0 saturated heterocycles. The van der Waals surface area contributed by atoms with Gasteiger partial charge in [0.2, 0.25) is 0 Å². The van der Waals surface area contributed by atoms with E-state index in [4.69, 9.17) is 10.5 Å². The van der Waals surface area contributed by atoms with Gasteiger partial charge in [0.05, 0.1) is 0 Å². The van der Waals surface area contributed by atoms with Gasteiger partial charge in [0.15, 0.2) is 11.6 Å². The minimum absolute atomic E-state index is 0.0536. The van der Waals surface area contributed by atoms with Crippen LogP contribution >= 0.6 is 0 Å². The van der Waals surface area contributed by atoms with E-state index in [1.165, 1.54) is 30.4 Å². The summed E-state index contributed by atoms with van der Waals surface area (Å²) in [5.41, 5.74) is 0.984. The zero-order chi connectivity index (χ0) is 20.7. The van der Waals surface area contributed by atoms with Gasteiger partial charge < -0.3 is 10.2 Å². The quantitative estimate of drug-likeness (QED) is 0.239. The minimum Gasteiger partial charge on any atom is -0.508 e. The Bertz CT molecular complexity index is 700. The Kier molecular flexibility index (Phi) is 8.44. The van der Waals surface area contributed by atoms with E-state index in [0.717, 1.165) is 5.56 Å². The van der Waals surface area contributed by atoms with Gasteiger partial charge in [-0.05, 0) is 47.3 Å². The molecule has 144 valence electrons. The monoisotopic (exact) mass is 364 g/mol. The molecule has 26 heavy (non-hydrogen) atoms. The fourth-order valence-electron chi connectivity index (χ4n) is 2.22. The predicted molar refractivity (Wildman–Crippen MR) is 100 cm³/mol. The van der Waals surface area contributed by atoms with E-state index in [1.807, 2.05) is 41.5 Å². The van der Waals surface area contributed by atoms with Gasteiger partial charge in [-0.15, -0.1) is 0 Å². The summed E-state index contributed by atoms with van der Waals surface area (Å²) in [6, 6.07) is 4.58. The van der Waals surface area contributed by atoms with Crippen molar-refractivity contribution in [3.05, 3.63) is 47.6 Å². The van der Waals surface area contributed by atoms with Crippen LogP contribution in [0.1, 0.15) is 47.1 Å². The second-order valence-corrected chi connectivity index (χ2v) is 7.86. The van der Waals surface area contributed by atoms with Gasteiger partial charge in [0.1, 0.15) is 11.5 Å². The van der Waals surface area contributed by atoms with Gasteiger partial charge in [-0.2, -0.15) is 0 Å². The molecule has 1 aromatic rings. The van der Waals surface area contributed by atoms with Gasteiger partial charge in [0.25, 0.3) is 0 Å². The smallest absolute Gasteiger partial charge is 0.182 e. The van der Waals surface area contributed by atoms with Gasteiger partial charge in [-0.1, -0.05) is 41.5 Å².